The number of rotatable bonds is 6. The SMILES string of the molecule is C=C/C=C\C(=C/C=C)c1ccccc1NC(=O)OCC. The molecule has 0 aromatic heterocycles. The summed E-state index contributed by atoms with van der Waals surface area (Å²) in [6, 6.07) is 7.51. The predicted molar refractivity (Wildman–Crippen MR) is 84.6 cm³/mol. The lowest BCUT2D eigenvalue weighted by Crippen LogP contribution is -2.14. The molecule has 0 fully saturated rings. The van der Waals surface area contributed by atoms with Crippen LogP contribution in [0.1, 0.15) is 12.5 Å². The third-order valence-corrected chi connectivity index (χ3v) is 2.46. The van der Waals surface area contributed by atoms with Crippen molar-refractivity contribution in [1.82, 2.24) is 0 Å². The first-order valence-electron chi connectivity index (χ1n) is 6.38. The largest absolute Gasteiger partial charge is 0.450 e. The molecule has 0 heterocycles. The molecule has 1 rings (SSSR count). The molecule has 1 aromatic rings. The number of allylic oxidation sites excluding steroid dienone is 6. The zero-order valence-corrected chi connectivity index (χ0v) is 11.6. The van der Waals surface area contributed by atoms with Crippen LogP contribution in [-0.4, -0.2) is 12.7 Å². The van der Waals surface area contributed by atoms with E-state index in [2.05, 4.69) is 18.5 Å². The van der Waals surface area contributed by atoms with Gasteiger partial charge in [-0.3, -0.25) is 5.32 Å². The average Bonchev–Trinajstić information content (AvgIpc) is 2.44. The van der Waals surface area contributed by atoms with Crippen LogP contribution < -0.4 is 5.32 Å². The zero-order valence-electron chi connectivity index (χ0n) is 11.6. The summed E-state index contributed by atoms with van der Waals surface area (Å²) < 4.78 is 4.90. The molecule has 1 aromatic carbocycles. The van der Waals surface area contributed by atoms with Gasteiger partial charge in [0.05, 0.1) is 12.3 Å². The Kier molecular flexibility index (Phi) is 6.62. The number of benzene rings is 1. The molecule has 3 nitrogen and oxygen atoms in total. The minimum Gasteiger partial charge on any atom is -0.450 e. The second kappa shape index (κ2) is 8.53. The maximum absolute atomic E-state index is 11.6. The number of hydrogen-bond donors (Lipinski definition) is 1. The van der Waals surface area contributed by atoms with Crippen LogP contribution in [0.2, 0.25) is 0 Å². The molecule has 0 unspecified atom stereocenters. The number of nitrogens with one attached hydrogen (secondary N) is 1. The quantitative estimate of drug-likeness (QED) is 0.768. The summed E-state index contributed by atoms with van der Waals surface area (Å²) in [5.74, 6) is 0. The van der Waals surface area contributed by atoms with Crippen molar-refractivity contribution < 1.29 is 9.53 Å². The topological polar surface area (TPSA) is 38.3 Å². The fraction of sp³-hybridized carbons (Fsp3) is 0.118. The van der Waals surface area contributed by atoms with Crippen molar-refractivity contribution in [2.24, 2.45) is 0 Å². The van der Waals surface area contributed by atoms with Gasteiger partial charge in [-0.25, -0.2) is 4.79 Å². The Balaban J connectivity index is 3.12. The van der Waals surface area contributed by atoms with Crippen LogP contribution in [-0.2, 0) is 4.74 Å². The molecule has 0 saturated heterocycles. The van der Waals surface area contributed by atoms with Crippen LogP contribution in [0.3, 0.4) is 0 Å². The summed E-state index contributed by atoms with van der Waals surface area (Å²) in [4.78, 5) is 11.6. The van der Waals surface area contributed by atoms with Gasteiger partial charge in [-0.1, -0.05) is 61.7 Å². The molecule has 0 aliphatic heterocycles. The van der Waals surface area contributed by atoms with Gasteiger partial charge >= 0.3 is 6.09 Å². The number of carbonyl (C=O) groups is 1. The van der Waals surface area contributed by atoms with Gasteiger partial charge in [-0.15, -0.1) is 0 Å². The van der Waals surface area contributed by atoms with E-state index in [1.165, 1.54) is 0 Å². The molecule has 3 heteroatoms. The maximum atomic E-state index is 11.6. The monoisotopic (exact) mass is 269 g/mol. The molecule has 0 aliphatic carbocycles. The highest BCUT2D eigenvalue weighted by molar-refractivity contribution is 5.91. The Labute approximate surface area is 120 Å². The number of ether oxygens (including phenoxy) is 1. The molecular formula is C17H19NO2. The molecule has 0 bridgehead atoms. The average molecular weight is 269 g/mol. The Morgan fingerprint density at radius 2 is 2.05 bits per heavy atom. The molecule has 0 aliphatic rings. The highest BCUT2D eigenvalue weighted by Crippen LogP contribution is 2.25. The number of amides is 1. The van der Waals surface area contributed by atoms with Crippen LogP contribution in [0, 0.1) is 0 Å². The summed E-state index contributed by atoms with van der Waals surface area (Å²) in [7, 11) is 0. The van der Waals surface area contributed by atoms with Gasteiger partial charge in [0.1, 0.15) is 0 Å². The summed E-state index contributed by atoms with van der Waals surface area (Å²) in [6.45, 7) is 9.46. The van der Waals surface area contributed by atoms with E-state index in [-0.39, 0.29) is 0 Å². The molecule has 0 atom stereocenters. The van der Waals surface area contributed by atoms with Gasteiger partial charge in [0.2, 0.25) is 0 Å². The number of hydrogen-bond acceptors (Lipinski definition) is 2. The van der Waals surface area contributed by atoms with E-state index in [0.717, 1.165) is 11.1 Å². The van der Waals surface area contributed by atoms with Crippen LogP contribution in [0.25, 0.3) is 5.57 Å². The van der Waals surface area contributed by atoms with E-state index >= 15 is 0 Å². The second-order valence-electron chi connectivity index (χ2n) is 3.84. The van der Waals surface area contributed by atoms with Crippen molar-refractivity contribution in [3.63, 3.8) is 0 Å². The first-order valence-corrected chi connectivity index (χ1v) is 6.38. The van der Waals surface area contributed by atoms with E-state index in [9.17, 15) is 4.79 Å². The third-order valence-electron chi connectivity index (χ3n) is 2.46. The van der Waals surface area contributed by atoms with Crippen molar-refractivity contribution in [3.8, 4) is 0 Å². The number of carbonyl (C=O) groups excluding carboxylic acids is 1. The van der Waals surface area contributed by atoms with Crippen molar-refractivity contribution in [3.05, 3.63) is 73.4 Å². The van der Waals surface area contributed by atoms with E-state index in [4.69, 9.17) is 4.74 Å². The molecule has 104 valence electrons. The molecule has 0 radical (unpaired) electrons. The van der Waals surface area contributed by atoms with Crippen molar-refractivity contribution in [1.29, 1.82) is 0 Å². The highest BCUT2D eigenvalue weighted by atomic mass is 16.5. The molecule has 0 spiro atoms. The smallest absolute Gasteiger partial charge is 0.411 e. The zero-order chi connectivity index (χ0) is 14.8. The lowest BCUT2D eigenvalue weighted by molar-refractivity contribution is 0.168. The van der Waals surface area contributed by atoms with Crippen LogP contribution in [0.15, 0.2) is 67.8 Å². The molecule has 20 heavy (non-hydrogen) atoms. The Hall–Kier alpha value is -2.55. The normalized spacial score (nSPS) is 11.2. The van der Waals surface area contributed by atoms with E-state index in [1.807, 2.05) is 42.5 Å². The lowest BCUT2D eigenvalue weighted by Gasteiger charge is -2.11. The van der Waals surface area contributed by atoms with E-state index < -0.39 is 6.09 Å². The Bertz CT molecular complexity index is 542. The number of para-hydroxylation sites is 1. The summed E-state index contributed by atoms with van der Waals surface area (Å²) >= 11 is 0. The predicted octanol–water partition coefficient (Wildman–Crippen LogP) is 4.57. The van der Waals surface area contributed by atoms with E-state index in [1.54, 1.807) is 19.1 Å². The summed E-state index contributed by atoms with van der Waals surface area (Å²) in [5, 5.41) is 2.73. The minimum atomic E-state index is -0.467. The highest BCUT2D eigenvalue weighted by Gasteiger charge is 2.08. The second-order valence-corrected chi connectivity index (χ2v) is 3.84. The van der Waals surface area contributed by atoms with Gasteiger partial charge in [0, 0.05) is 5.56 Å². The van der Waals surface area contributed by atoms with E-state index in [0.29, 0.717) is 12.3 Å². The van der Waals surface area contributed by atoms with Crippen LogP contribution in [0.4, 0.5) is 10.5 Å². The van der Waals surface area contributed by atoms with Gasteiger partial charge in [-0.2, -0.15) is 0 Å². The maximum Gasteiger partial charge on any atom is 0.411 e. The van der Waals surface area contributed by atoms with Crippen molar-refractivity contribution in [2.75, 3.05) is 11.9 Å². The fourth-order valence-corrected chi connectivity index (χ4v) is 1.65. The first kappa shape index (κ1) is 15.5. The molecular weight excluding hydrogens is 250 g/mol. The third kappa shape index (κ3) is 4.61. The fourth-order valence-electron chi connectivity index (χ4n) is 1.65. The number of anilines is 1. The van der Waals surface area contributed by atoms with Crippen LogP contribution >= 0.6 is 0 Å². The molecule has 0 saturated carbocycles. The Morgan fingerprint density at radius 3 is 2.70 bits per heavy atom. The molecule has 1 N–H and O–H groups in total. The van der Waals surface area contributed by atoms with Crippen LogP contribution in [0.5, 0.6) is 0 Å². The van der Waals surface area contributed by atoms with Crippen molar-refractivity contribution in [2.45, 2.75) is 6.92 Å². The van der Waals surface area contributed by atoms with Gasteiger partial charge in [0.15, 0.2) is 0 Å². The van der Waals surface area contributed by atoms with Gasteiger partial charge in [-0.05, 0) is 18.6 Å². The standard InChI is InChI=1S/C17H19NO2/c1-4-7-11-14(10-5-2)15-12-8-9-13-16(15)18-17(19)20-6-3/h4-5,7-13H,1-2,6H2,3H3,(H,18,19)/b11-7-,14-10+. The van der Waals surface area contributed by atoms with Crippen molar-refractivity contribution >= 4 is 17.4 Å². The summed E-state index contributed by atoms with van der Waals surface area (Å²) in [6.07, 6.45) is 8.52. The molecule has 1 amide bonds. The van der Waals surface area contributed by atoms with Gasteiger partial charge < -0.3 is 4.74 Å². The Morgan fingerprint density at radius 1 is 1.30 bits per heavy atom. The first-order chi connectivity index (χ1) is 9.72. The lowest BCUT2D eigenvalue weighted by atomic mass is 10.0. The summed E-state index contributed by atoms with van der Waals surface area (Å²) in [5.41, 5.74) is 2.50. The van der Waals surface area contributed by atoms with Gasteiger partial charge in [0.25, 0.3) is 0 Å². The minimum absolute atomic E-state index is 0.333.